The minimum atomic E-state index is -0.319. The smallest absolute Gasteiger partial charge is 0.364 e. The van der Waals surface area contributed by atoms with Gasteiger partial charge in [0.15, 0.2) is 6.04 Å². The minimum absolute atomic E-state index is 0.261. The SMILES string of the molecule is COC(=O)[C@@H]([NH3+])Cc1ccc(I)cc1. The van der Waals surface area contributed by atoms with Crippen LogP contribution in [0.3, 0.4) is 0 Å². The summed E-state index contributed by atoms with van der Waals surface area (Å²) in [5.41, 5.74) is 4.86. The molecule has 0 heterocycles. The molecule has 1 rings (SSSR count). The molecule has 0 aromatic heterocycles. The van der Waals surface area contributed by atoms with Gasteiger partial charge >= 0.3 is 5.97 Å². The lowest BCUT2D eigenvalue weighted by atomic mass is 10.1. The third-order valence-corrected chi connectivity index (χ3v) is 2.65. The van der Waals surface area contributed by atoms with Crippen molar-refractivity contribution >= 4 is 28.6 Å². The maximum Gasteiger partial charge on any atom is 0.364 e. The van der Waals surface area contributed by atoms with Gasteiger partial charge in [-0.15, -0.1) is 0 Å². The Labute approximate surface area is 96.8 Å². The van der Waals surface area contributed by atoms with Crippen molar-refractivity contribution in [2.24, 2.45) is 0 Å². The predicted molar refractivity (Wildman–Crippen MR) is 61.6 cm³/mol. The van der Waals surface area contributed by atoms with Gasteiger partial charge < -0.3 is 10.5 Å². The number of carbonyl (C=O) groups is 1. The lowest BCUT2D eigenvalue weighted by Gasteiger charge is -2.05. The molecule has 0 bridgehead atoms. The fraction of sp³-hybridized carbons (Fsp3) is 0.300. The Kier molecular flexibility index (Phi) is 4.34. The van der Waals surface area contributed by atoms with E-state index in [4.69, 9.17) is 0 Å². The summed E-state index contributed by atoms with van der Waals surface area (Å²) in [4.78, 5) is 11.1. The molecule has 0 saturated heterocycles. The molecule has 0 amide bonds. The van der Waals surface area contributed by atoms with Crippen LogP contribution in [0, 0.1) is 3.57 Å². The van der Waals surface area contributed by atoms with Gasteiger partial charge in [0.25, 0.3) is 0 Å². The van der Waals surface area contributed by atoms with Crippen molar-refractivity contribution in [1.82, 2.24) is 0 Å². The monoisotopic (exact) mass is 306 g/mol. The summed E-state index contributed by atoms with van der Waals surface area (Å²) >= 11 is 2.24. The van der Waals surface area contributed by atoms with Crippen molar-refractivity contribution in [3.63, 3.8) is 0 Å². The summed E-state index contributed by atoms with van der Waals surface area (Å²) in [6, 6.07) is 7.71. The van der Waals surface area contributed by atoms with E-state index in [-0.39, 0.29) is 12.0 Å². The number of halogens is 1. The molecule has 0 spiro atoms. The molecule has 1 atom stereocenters. The Hall–Kier alpha value is -0.620. The standard InChI is InChI=1S/C10H12INO2/c1-14-10(13)9(12)6-7-2-4-8(11)5-3-7/h2-5,9H,6,12H2,1H3/p+1/t9-/m0/s1. The first-order chi connectivity index (χ1) is 6.63. The molecule has 4 heteroatoms. The van der Waals surface area contributed by atoms with E-state index in [1.807, 2.05) is 24.3 Å². The van der Waals surface area contributed by atoms with E-state index in [0.29, 0.717) is 6.42 Å². The lowest BCUT2D eigenvalue weighted by molar-refractivity contribution is -0.407. The van der Waals surface area contributed by atoms with Gasteiger partial charge in [0.1, 0.15) is 0 Å². The molecule has 14 heavy (non-hydrogen) atoms. The zero-order valence-corrected chi connectivity index (χ0v) is 10.2. The fourth-order valence-corrected chi connectivity index (χ4v) is 1.51. The van der Waals surface area contributed by atoms with Gasteiger partial charge in [-0.25, -0.2) is 4.79 Å². The van der Waals surface area contributed by atoms with Gasteiger partial charge in [0.05, 0.1) is 7.11 Å². The van der Waals surface area contributed by atoms with E-state index < -0.39 is 0 Å². The molecular formula is C10H13INO2+. The second kappa shape index (κ2) is 5.31. The molecule has 0 saturated carbocycles. The van der Waals surface area contributed by atoms with Crippen LogP contribution in [-0.2, 0) is 16.0 Å². The van der Waals surface area contributed by atoms with Crippen molar-refractivity contribution < 1.29 is 15.3 Å². The van der Waals surface area contributed by atoms with Gasteiger partial charge in [0.2, 0.25) is 0 Å². The highest BCUT2D eigenvalue weighted by molar-refractivity contribution is 14.1. The van der Waals surface area contributed by atoms with E-state index in [2.05, 4.69) is 33.1 Å². The Morgan fingerprint density at radius 1 is 1.50 bits per heavy atom. The Bertz CT molecular complexity index is 310. The number of rotatable bonds is 3. The number of hydrogen-bond donors (Lipinski definition) is 1. The van der Waals surface area contributed by atoms with Crippen molar-refractivity contribution in [2.75, 3.05) is 7.11 Å². The zero-order valence-electron chi connectivity index (χ0n) is 8.00. The number of carbonyl (C=O) groups excluding carboxylic acids is 1. The summed E-state index contributed by atoms with van der Waals surface area (Å²) in [6.07, 6.45) is 0.629. The van der Waals surface area contributed by atoms with E-state index >= 15 is 0 Å². The average Bonchev–Trinajstić information content (AvgIpc) is 2.20. The first kappa shape index (κ1) is 11.5. The first-order valence-corrected chi connectivity index (χ1v) is 5.36. The number of quaternary nitrogens is 1. The van der Waals surface area contributed by atoms with Crippen LogP contribution in [0.25, 0.3) is 0 Å². The predicted octanol–water partition coefficient (Wildman–Crippen LogP) is 0.617. The molecule has 1 aromatic rings. The van der Waals surface area contributed by atoms with Gasteiger partial charge in [-0.1, -0.05) is 12.1 Å². The molecule has 1 aromatic carbocycles. The Balaban J connectivity index is 2.60. The van der Waals surface area contributed by atoms with Crippen LogP contribution < -0.4 is 5.73 Å². The normalized spacial score (nSPS) is 12.2. The molecule has 76 valence electrons. The van der Waals surface area contributed by atoms with Crippen molar-refractivity contribution in [3.05, 3.63) is 33.4 Å². The molecule has 0 aliphatic rings. The summed E-state index contributed by atoms with van der Waals surface area (Å²) in [5, 5.41) is 0. The molecule has 0 radical (unpaired) electrons. The fourth-order valence-electron chi connectivity index (χ4n) is 1.16. The molecule has 0 fully saturated rings. The number of methoxy groups -OCH3 is 1. The van der Waals surface area contributed by atoms with Crippen LogP contribution >= 0.6 is 22.6 Å². The highest BCUT2D eigenvalue weighted by Gasteiger charge is 2.17. The highest BCUT2D eigenvalue weighted by atomic mass is 127. The molecule has 0 aliphatic heterocycles. The van der Waals surface area contributed by atoms with Crippen LogP contribution in [0.2, 0.25) is 0 Å². The van der Waals surface area contributed by atoms with E-state index in [1.54, 1.807) is 0 Å². The number of benzene rings is 1. The molecule has 3 N–H and O–H groups in total. The second-order valence-electron chi connectivity index (χ2n) is 3.05. The maximum atomic E-state index is 11.1. The summed E-state index contributed by atoms with van der Waals surface area (Å²) in [5.74, 6) is -0.261. The molecule has 3 nitrogen and oxygen atoms in total. The maximum absolute atomic E-state index is 11.1. The van der Waals surface area contributed by atoms with Crippen LogP contribution in [0.1, 0.15) is 5.56 Å². The number of ether oxygens (including phenoxy) is 1. The van der Waals surface area contributed by atoms with Gasteiger partial charge in [-0.3, -0.25) is 0 Å². The summed E-state index contributed by atoms with van der Waals surface area (Å²) in [7, 11) is 1.38. The number of esters is 1. The van der Waals surface area contributed by atoms with Gasteiger partial charge in [-0.2, -0.15) is 0 Å². The van der Waals surface area contributed by atoms with Crippen LogP contribution in [-0.4, -0.2) is 19.1 Å². The molecule has 0 aliphatic carbocycles. The van der Waals surface area contributed by atoms with Gasteiger partial charge in [-0.05, 0) is 40.3 Å². The molecule has 0 unspecified atom stereocenters. The van der Waals surface area contributed by atoms with E-state index in [1.165, 1.54) is 10.7 Å². The summed E-state index contributed by atoms with van der Waals surface area (Å²) < 4.78 is 5.79. The van der Waals surface area contributed by atoms with Crippen molar-refractivity contribution in [3.8, 4) is 0 Å². The van der Waals surface area contributed by atoms with Crippen LogP contribution in [0.4, 0.5) is 0 Å². The first-order valence-electron chi connectivity index (χ1n) is 4.29. The lowest BCUT2D eigenvalue weighted by Crippen LogP contribution is -2.66. The van der Waals surface area contributed by atoms with E-state index in [0.717, 1.165) is 5.56 Å². The number of hydrogen-bond acceptors (Lipinski definition) is 2. The van der Waals surface area contributed by atoms with Crippen LogP contribution in [0.15, 0.2) is 24.3 Å². The summed E-state index contributed by atoms with van der Waals surface area (Å²) in [6.45, 7) is 0. The van der Waals surface area contributed by atoms with Crippen molar-refractivity contribution in [1.29, 1.82) is 0 Å². The van der Waals surface area contributed by atoms with E-state index in [9.17, 15) is 4.79 Å². The quantitative estimate of drug-likeness (QED) is 0.657. The molecular weight excluding hydrogens is 293 g/mol. The second-order valence-corrected chi connectivity index (χ2v) is 4.30. The largest absolute Gasteiger partial charge is 0.465 e. The highest BCUT2D eigenvalue weighted by Crippen LogP contribution is 2.08. The minimum Gasteiger partial charge on any atom is -0.465 e. The Morgan fingerprint density at radius 2 is 2.07 bits per heavy atom. The third-order valence-electron chi connectivity index (χ3n) is 1.93. The zero-order chi connectivity index (χ0) is 10.6. The van der Waals surface area contributed by atoms with Crippen LogP contribution in [0.5, 0.6) is 0 Å². The van der Waals surface area contributed by atoms with Crippen molar-refractivity contribution in [2.45, 2.75) is 12.5 Å². The average molecular weight is 306 g/mol. The topological polar surface area (TPSA) is 53.9 Å². The van der Waals surface area contributed by atoms with Gasteiger partial charge in [0, 0.05) is 9.99 Å². The third kappa shape index (κ3) is 3.26. The Morgan fingerprint density at radius 3 is 2.57 bits per heavy atom.